The van der Waals surface area contributed by atoms with Crippen LogP contribution in [0.4, 0.5) is 0 Å². The maximum atomic E-state index is 12.2. The maximum Gasteiger partial charge on any atom is 0.257 e. The number of rotatable bonds is 9. The van der Waals surface area contributed by atoms with Crippen molar-refractivity contribution in [1.29, 1.82) is 0 Å². The highest BCUT2D eigenvalue weighted by Crippen LogP contribution is 2.26. The fourth-order valence-electron chi connectivity index (χ4n) is 3.67. The molecule has 1 fully saturated rings. The molecule has 0 bridgehead atoms. The van der Waals surface area contributed by atoms with Crippen molar-refractivity contribution in [1.82, 2.24) is 14.8 Å². The zero-order valence-electron chi connectivity index (χ0n) is 15.7. The lowest BCUT2D eigenvalue weighted by Gasteiger charge is -2.22. The number of ether oxygens (including phenoxy) is 2. The Hall–Kier alpha value is -2.05. The summed E-state index contributed by atoms with van der Waals surface area (Å²) in [4.78, 5) is 14.6. The minimum atomic E-state index is -0.0660. The van der Waals surface area contributed by atoms with Gasteiger partial charge in [-0.2, -0.15) is 0 Å². The molecule has 1 aromatic heterocycles. The van der Waals surface area contributed by atoms with Crippen molar-refractivity contribution in [2.45, 2.75) is 32.4 Å². The Morgan fingerprint density at radius 1 is 1.35 bits per heavy atom. The number of carbonyl (C=O) groups excluding carboxylic acids is 1. The second-order valence-electron chi connectivity index (χ2n) is 6.71. The van der Waals surface area contributed by atoms with Crippen LogP contribution in [0.3, 0.4) is 0 Å². The van der Waals surface area contributed by atoms with E-state index in [2.05, 4.69) is 27.8 Å². The van der Waals surface area contributed by atoms with Crippen molar-refractivity contribution in [2.24, 2.45) is 0 Å². The van der Waals surface area contributed by atoms with Crippen LogP contribution in [0.1, 0.15) is 19.8 Å². The molecule has 0 radical (unpaired) electrons. The maximum absolute atomic E-state index is 12.2. The van der Waals surface area contributed by atoms with Crippen molar-refractivity contribution < 1.29 is 14.3 Å². The molecule has 3 rings (SSSR count). The predicted molar refractivity (Wildman–Crippen MR) is 103 cm³/mol. The third-order valence-electron chi connectivity index (χ3n) is 5.11. The predicted octanol–water partition coefficient (Wildman–Crippen LogP) is 2.27. The zero-order valence-corrected chi connectivity index (χ0v) is 15.7. The Bertz CT molecular complexity index is 728. The number of likely N-dealkylation sites (tertiary alicyclic amines) is 1. The lowest BCUT2D eigenvalue weighted by atomic mass is 10.2. The SMILES string of the molecule is CCN1CCC[C@@H]1CNC(=O)COc1cccc2c1ccn2CCOC. The number of nitrogens with one attached hydrogen (secondary N) is 1. The molecule has 1 atom stereocenters. The lowest BCUT2D eigenvalue weighted by molar-refractivity contribution is -0.123. The van der Waals surface area contributed by atoms with Gasteiger partial charge in [-0.05, 0) is 44.1 Å². The summed E-state index contributed by atoms with van der Waals surface area (Å²) in [5.41, 5.74) is 1.09. The summed E-state index contributed by atoms with van der Waals surface area (Å²) in [6.45, 7) is 6.54. The van der Waals surface area contributed by atoms with E-state index in [0.29, 0.717) is 19.2 Å². The van der Waals surface area contributed by atoms with Gasteiger partial charge in [-0.3, -0.25) is 9.69 Å². The summed E-state index contributed by atoms with van der Waals surface area (Å²) in [5, 5.41) is 4.03. The van der Waals surface area contributed by atoms with Gasteiger partial charge in [-0.15, -0.1) is 0 Å². The third kappa shape index (κ3) is 4.37. The van der Waals surface area contributed by atoms with Crippen LogP contribution in [0.15, 0.2) is 30.5 Å². The third-order valence-corrected chi connectivity index (χ3v) is 5.11. The summed E-state index contributed by atoms with van der Waals surface area (Å²) in [7, 11) is 1.70. The molecule has 1 aromatic carbocycles. The smallest absolute Gasteiger partial charge is 0.257 e. The Labute approximate surface area is 155 Å². The number of fused-ring (bicyclic) bond motifs is 1. The van der Waals surface area contributed by atoms with E-state index in [9.17, 15) is 4.79 Å². The highest BCUT2D eigenvalue weighted by Gasteiger charge is 2.23. The van der Waals surface area contributed by atoms with E-state index in [-0.39, 0.29) is 12.5 Å². The highest BCUT2D eigenvalue weighted by molar-refractivity contribution is 5.87. The molecule has 1 amide bonds. The average molecular weight is 359 g/mol. The van der Waals surface area contributed by atoms with Crippen molar-refractivity contribution in [2.75, 3.05) is 40.0 Å². The van der Waals surface area contributed by atoms with Gasteiger partial charge < -0.3 is 19.4 Å². The number of amides is 1. The van der Waals surface area contributed by atoms with E-state index in [1.54, 1.807) is 7.11 Å². The zero-order chi connectivity index (χ0) is 18.4. The molecule has 0 saturated carbocycles. The summed E-state index contributed by atoms with van der Waals surface area (Å²) < 4.78 is 13.1. The largest absolute Gasteiger partial charge is 0.483 e. The molecule has 1 aliphatic rings. The number of nitrogens with zero attached hydrogens (tertiary/aromatic N) is 2. The number of aromatic nitrogens is 1. The fourth-order valence-corrected chi connectivity index (χ4v) is 3.67. The topological polar surface area (TPSA) is 55.7 Å². The molecule has 0 spiro atoms. The molecular formula is C20H29N3O3. The Morgan fingerprint density at radius 3 is 3.04 bits per heavy atom. The van der Waals surface area contributed by atoms with Gasteiger partial charge in [0.2, 0.25) is 0 Å². The molecule has 6 nitrogen and oxygen atoms in total. The number of benzene rings is 1. The summed E-state index contributed by atoms with van der Waals surface area (Å²) in [5.74, 6) is 0.675. The number of likely N-dealkylation sites (N-methyl/N-ethyl adjacent to an activating group) is 1. The normalized spacial score (nSPS) is 17.7. The molecule has 0 unspecified atom stereocenters. The van der Waals surface area contributed by atoms with Gasteiger partial charge >= 0.3 is 0 Å². The monoisotopic (exact) mass is 359 g/mol. The van der Waals surface area contributed by atoms with Gasteiger partial charge in [0.25, 0.3) is 5.91 Å². The van der Waals surface area contributed by atoms with Crippen LogP contribution in [0.2, 0.25) is 0 Å². The van der Waals surface area contributed by atoms with Gasteiger partial charge in [-0.1, -0.05) is 13.0 Å². The van der Waals surface area contributed by atoms with Crippen molar-refractivity contribution in [3.05, 3.63) is 30.5 Å². The van der Waals surface area contributed by atoms with Crippen LogP contribution < -0.4 is 10.1 Å². The molecule has 1 saturated heterocycles. The Morgan fingerprint density at radius 2 is 2.23 bits per heavy atom. The lowest BCUT2D eigenvalue weighted by Crippen LogP contribution is -2.41. The molecular weight excluding hydrogens is 330 g/mol. The van der Waals surface area contributed by atoms with E-state index in [0.717, 1.165) is 42.7 Å². The molecule has 142 valence electrons. The minimum absolute atomic E-state index is 0.0429. The Kier molecular flexibility index (Phi) is 6.52. The van der Waals surface area contributed by atoms with Crippen LogP contribution >= 0.6 is 0 Å². The summed E-state index contributed by atoms with van der Waals surface area (Å²) in [6, 6.07) is 8.40. The molecule has 2 aromatic rings. The van der Waals surface area contributed by atoms with E-state index in [1.807, 2.05) is 24.4 Å². The van der Waals surface area contributed by atoms with E-state index in [4.69, 9.17) is 9.47 Å². The van der Waals surface area contributed by atoms with Crippen molar-refractivity contribution in [3.8, 4) is 5.75 Å². The first kappa shape index (κ1) is 18.7. The van der Waals surface area contributed by atoms with Gasteiger partial charge in [-0.25, -0.2) is 0 Å². The van der Waals surface area contributed by atoms with Gasteiger partial charge in [0, 0.05) is 37.8 Å². The van der Waals surface area contributed by atoms with Gasteiger partial charge in [0.15, 0.2) is 6.61 Å². The first-order valence-electron chi connectivity index (χ1n) is 9.43. The van der Waals surface area contributed by atoms with Crippen LogP contribution in [-0.4, -0.2) is 61.4 Å². The van der Waals surface area contributed by atoms with Gasteiger partial charge in [0.05, 0.1) is 12.1 Å². The fraction of sp³-hybridized carbons (Fsp3) is 0.550. The van der Waals surface area contributed by atoms with Crippen molar-refractivity contribution in [3.63, 3.8) is 0 Å². The first-order valence-corrected chi connectivity index (χ1v) is 9.43. The number of hydrogen-bond donors (Lipinski definition) is 1. The van der Waals surface area contributed by atoms with Crippen molar-refractivity contribution >= 4 is 16.8 Å². The van der Waals surface area contributed by atoms with E-state index >= 15 is 0 Å². The van der Waals surface area contributed by atoms with Crippen LogP contribution in [0.25, 0.3) is 10.9 Å². The second-order valence-corrected chi connectivity index (χ2v) is 6.71. The number of methoxy groups -OCH3 is 1. The van der Waals surface area contributed by atoms with Crippen LogP contribution in [0.5, 0.6) is 5.75 Å². The highest BCUT2D eigenvalue weighted by atomic mass is 16.5. The van der Waals surface area contributed by atoms with E-state index < -0.39 is 0 Å². The molecule has 1 N–H and O–H groups in total. The molecule has 6 heteroatoms. The number of hydrogen-bond acceptors (Lipinski definition) is 4. The summed E-state index contributed by atoms with van der Waals surface area (Å²) in [6.07, 6.45) is 4.40. The second kappa shape index (κ2) is 9.05. The average Bonchev–Trinajstić information content (AvgIpc) is 3.29. The molecule has 1 aliphatic heterocycles. The first-order chi connectivity index (χ1) is 12.7. The van der Waals surface area contributed by atoms with Crippen LogP contribution in [-0.2, 0) is 16.1 Å². The standard InChI is InChI=1S/C20H29N3O3/c1-3-22-10-5-6-16(22)14-21-20(24)15-26-19-8-4-7-18-17(19)9-11-23(18)12-13-25-2/h4,7-9,11,16H,3,5-6,10,12-15H2,1-2H3,(H,21,24)/t16-/m1/s1. The minimum Gasteiger partial charge on any atom is -0.483 e. The van der Waals surface area contributed by atoms with Crippen LogP contribution in [0, 0.1) is 0 Å². The molecule has 26 heavy (non-hydrogen) atoms. The molecule has 2 heterocycles. The van der Waals surface area contributed by atoms with E-state index in [1.165, 1.54) is 6.42 Å². The summed E-state index contributed by atoms with van der Waals surface area (Å²) >= 11 is 0. The Balaban J connectivity index is 1.54. The quantitative estimate of drug-likeness (QED) is 0.746. The molecule has 0 aliphatic carbocycles. The van der Waals surface area contributed by atoms with Gasteiger partial charge in [0.1, 0.15) is 5.75 Å². The number of carbonyl (C=O) groups is 1.